The van der Waals surface area contributed by atoms with E-state index in [2.05, 4.69) is 5.32 Å². The van der Waals surface area contributed by atoms with Gasteiger partial charge in [0, 0.05) is 6.92 Å². The van der Waals surface area contributed by atoms with Crippen LogP contribution in [0.1, 0.15) is 27.6 Å². The molecule has 2 N–H and O–H groups in total. The van der Waals surface area contributed by atoms with E-state index in [9.17, 15) is 19.2 Å². The fourth-order valence-corrected chi connectivity index (χ4v) is 1.91. The molecule has 0 aromatic heterocycles. The van der Waals surface area contributed by atoms with E-state index in [1.807, 2.05) is 0 Å². The standard InChI is InChI=1S/C12H10N3O4/c1-6(16)14-8-4-2-3-7-10(8)12(19)15(11(7)18)5-9(13)17/h2-4,13H,5H2,1H3,(H,14,16). The number of fused-ring (bicyclic) bond motifs is 1. The van der Waals surface area contributed by atoms with Crippen molar-refractivity contribution in [3.05, 3.63) is 29.3 Å². The lowest BCUT2D eigenvalue weighted by Crippen LogP contribution is -2.35. The predicted octanol–water partition coefficient (Wildman–Crippen LogP) is 0.0505. The maximum Gasteiger partial charge on any atom is 0.264 e. The summed E-state index contributed by atoms with van der Waals surface area (Å²) in [5, 5.41) is 2.46. The summed E-state index contributed by atoms with van der Waals surface area (Å²) < 4.78 is 0. The number of rotatable bonds is 3. The first kappa shape index (κ1) is 12.7. The monoisotopic (exact) mass is 260 g/mol. The van der Waals surface area contributed by atoms with Gasteiger partial charge in [-0.15, -0.1) is 0 Å². The molecule has 1 aliphatic heterocycles. The Morgan fingerprint density at radius 3 is 2.53 bits per heavy atom. The Morgan fingerprint density at radius 2 is 1.95 bits per heavy atom. The summed E-state index contributed by atoms with van der Waals surface area (Å²) in [5.41, 5.74) is 7.25. The van der Waals surface area contributed by atoms with Gasteiger partial charge >= 0.3 is 0 Å². The highest BCUT2D eigenvalue weighted by Crippen LogP contribution is 2.29. The highest BCUT2D eigenvalue weighted by Gasteiger charge is 2.38. The molecule has 1 aromatic carbocycles. The van der Waals surface area contributed by atoms with Gasteiger partial charge in [-0.3, -0.25) is 29.8 Å². The van der Waals surface area contributed by atoms with Gasteiger partial charge < -0.3 is 5.32 Å². The quantitative estimate of drug-likeness (QED) is 0.774. The molecule has 2 rings (SSSR count). The molecule has 0 saturated carbocycles. The minimum Gasteiger partial charge on any atom is -0.326 e. The molecule has 1 aliphatic rings. The maximum atomic E-state index is 12.1. The average Bonchev–Trinajstić information content (AvgIpc) is 2.54. The summed E-state index contributed by atoms with van der Waals surface area (Å²) in [5.74, 6) is -2.71. The molecule has 0 atom stereocenters. The SMILES string of the molecule is CC(=O)Nc1cccc2c1C(=O)N(CC([NH])=O)C2=O. The van der Waals surface area contributed by atoms with E-state index in [4.69, 9.17) is 5.73 Å². The van der Waals surface area contributed by atoms with Gasteiger partial charge in [0.15, 0.2) is 0 Å². The number of hydrogen-bond donors (Lipinski definition) is 1. The minimum absolute atomic E-state index is 0.0592. The van der Waals surface area contributed by atoms with E-state index in [-0.39, 0.29) is 22.7 Å². The van der Waals surface area contributed by atoms with Crippen molar-refractivity contribution >= 4 is 29.3 Å². The molecule has 1 radical (unpaired) electrons. The van der Waals surface area contributed by atoms with Gasteiger partial charge in [-0.25, -0.2) is 0 Å². The van der Waals surface area contributed by atoms with Crippen molar-refractivity contribution in [1.29, 1.82) is 0 Å². The summed E-state index contributed by atoms with van der Waals surface area (Å²) in [6.07, 6.45) is 0. The summed E-state index contributed by atoms with van der Waals surface area (Å²) in [6, 6.07) is 4.47. The summed E-state index contributed by atoms with van der Waals surface area (Å²) >= 11 is 0. The van der Waals surface area contributed by atoms with Crippen molar-refractivity contribution in [2.75, 3.05) is 11.9 Å². The second-order valence-corrected chi connectivity index (χ2v) is 4.03. The number of nitrogens with zero attached hydrogens (tertiary/aromatic N) is 1. The third kappa shape index (κ3) is 2.17. The van der Waals surface area contributed by atoms with Gasteiger partial charge in [-0.05, 0) is 12.1 Å². The number of carbonyl (C=O) groups is 4. The molecule has 0 unspecified atom stereocenters. The zero-order valence-electron chi connectivity index (χ0n) is 10.0. The van der Waals surface area contributed by atoms with Crippen LogP contribution in [0.15, 0.2) is 18.2 Å². The Bertz CT molecular complexity index is 609. The van der Waals surface area contributed by atoms with E-state index < -0.39 is 24.3 Å². The molecule has 0 saturated heterocycles. The molecule has 0 fully saturated rings. The summed E-state index contributed by atoms with van der Waals surface area (Å²) in [6.45, 7) is 0.692. The molecular weight excluding hydrogens is 250 g/mol. The van der Waals surface area contributed by atoms with E-state index in [0.29, 0.717) is 4.90 Å². The van der Waals surface area contributed by atoms with E-state index in [1.54, 1.807) is 0 Å². The number of hydrogen-bond acceptors (Lipinski definition) is 4. The number of amides is 4. The lowest BCUT2D eigenvalue weighted by Gasteiger charge is -2.10. The largest absolute Gasteiger partial charge is 0.326 e. The fourth-order valence-electron chi connectivity index (χ4n) is 1.91. The first-order chi connectivity index (χ1) is 8.91. The van der Waals surface area contributed by atoms with Crippen LogP contribution < -0.4 is 11.1 Å². The highest BCUT2D eigenvalue weighted by molar-refractivity contribution is 6.25. The Hall–Kier alpha value is -2.70. The van der Waals surface area contributed by atoms with Gasteiger partial charge in [-0.1, -0.05) is 6.07 Å². The van der Waals surface area contributed by atoms with Crippen molar-refractivity contribution in [3.8, 4) is 0 Å². The van der Waals surface area contributed by atoms with Crippen LogP contribution in [-0.4, -0.2) is 35.1 Å². The van der Waals surface area contributed by atoms with E-state index in [1.165, 1.54) is 25.1 Å². The van der Waals surface area contributed by atoms with E-state index >= 15 is 0 Å². The molecule has 4 amide bonds. The molecule has 0 aliphatic carbocycles. The van der Waals surface area contributed by atoms with Gasteiger partial charge in [0.1, 0.15) is 6.54 Å². The Balaban J connectivity index is 2.47. The molecular formula is C12H10N3O4. The zero-order chi connectivity index (χ0) is 14.2. The molecule has 97 valence electrons. The molecule has 7 nitrogen and oxygen atoms in total. The van der Waals surface area contributed by atoms with Crippen LogP contribution >= 0.6 is 0 Å². The van der Waals surface area contributed by atoms with E-state index in [0.717, 1.165) is 0 Å². The van der Waals surface area contributed by atoms with Crippen LogP contribution in [0.25, 0.3) is 0 Å². The molecule has 0 bridgehead atoms. The Morgan fingerprint density at radius 1 is 1.26 bits per heavy atom. The number of benzene rings is 1. The topological polar surface area (TPSA) is 107 Å². The number of imide groups is 1. The zero-order valence-corrected chi connectivity index (χ0v) is 10.0. The molecule has 1 heterocycles. The number of anilines is 1. The van der Waals surface area contributed by atoms with Crippen molar-refractivity contribution in [2.24, 2.45) is 0 Å². The molecule has 7 heteroatoms. The Labute approximate surface area is 108 Å². The smallest absolute Gasteiger partial charge is 0.264 e. The van der Waals surface area contributed by atoms with Crippen molar-refractivity contribution in [1.82, 2.24) is 10.6 Å². The fraction of sp³-hybridized carbons (Fsp3) is 0.167. The first-order valence-electron chi connectivity index (χ1n) is 5.43. The third-order valence-corrected chi connectivity index (χ3v) is 2.61. The minimum atomic E-state index is -1.03. The lowest BCUT2D eigenvalue weighted by molar-refractivity contribution is -0.119. The summed E-state index contributed by atoms with van der Waals surface area (Å²) in [7, 11) is 0. The van der Waals surface area contributed by atoms with Crippen LogP contribution in [0.3, 0.4) is 0 Å². The maximum absolute atomic E-state index is 12.1. The number of nitrogens with one attached hydrogen (secondary N) is 2. The molecule has 1 aromatic rings. The average molecular weight is 260 g/mol. The third-order valence-electron chi connectivity index (χ3n) is 2.61. The predicted molar refractivity (Wildman–Crippen MR) is 64.2 cm³/mol. The molecule has 19 heavy (non-hydrogen) atoms. The van der Waals surface area contributed by atoms with Crippen LogP contribution in [-0.2, 0) is 9.59 Å². The Kier molecular flexibility index (Phi) is 3.04. The summed E-state index contributed by atoms with van der Waals surface area (Å²) in [4.78, 5) is 46.5. The number of carbonyl (C=O) groups excluding carboxylic acids is 4. The molecule has 0 spiro atoms. The first-order valence-corrected chi connectivity index (χ1v) is 5.43. The second kappa shape index (κ2) is 4.52. The van der Waals surface area contributed by atoms with Crippen LogP contribution in [0.4, 0.5) is 5.69 Å². The van der Waals surface area contributed by atoms with Crippen LogP contribution in [0.2, 0.25) is 0 Å². The van der Waals surface area contributed by atoms with Crippen LogP contribution in [0.5, 0.6) is 0 Å². The van der Waals surface area contributed by atoms with Crippen molar-refractivity contribution in [3.63, 3.8) is 0 Å². The van der Waals surface area contributed by atoms with Gasteiger partial charge in [-0.2, -0.15) is 0 Å². The second-order valence-electron chi connectivity index (χ2n) is 4.03. The lowest BCUT2D eigenvalue weighted by atomic mass is 10.1. The van der Waals surface area contributed by atoms with Gasteiger partial charge in [0.2, 0.25) is 5.91 Å². The van der Waals surface area contributed by atoms with Crippen molar-refractivity contribution in [2.45, 2.75) is 6.92 Å². The normalized spacial score (nSPS) is 13.4. The van der Waals surface area contributed by atoms with Gasteiger partial charge in [0.25, 0.3) is 17.7 Å². The van der Waals surface area contributed by atoms with Crippen molar-refractivity contribution < 1.29 is 19.2 Å². The van der Waals surface area contributed by atoms with Gasteiger partial charge in [0.05, 0.1) is 16.8 Å². The highest BCUT2D eigenvalue weighted by atomic mass is 16.2. The van der Waals surface area contributed by atoms with Crippen LogP contribution in [0, 0.1) is 0 Å².